The summed E-state index contributed by atoms with van der Waals surface area (Å²) in [4.78, 5) is 26.7. The van der Waals surface area contributed by atoms with Crippen molar-refractivity contribution in [3.8, 4) is 11.3 Å². The maximum Gasteiger partial charge on any atom is 0.270 e. The van der Waals surface area contributed by atoms with E-state index in [1.165, 1.54) is 11.0 Å². The molecule has 1 aliphatic rings. The molecule has 1 saturated heterocycles. The predicted octanol–water partition coefficient (Wildman–Crippen LogP) is 5.85. The van der Waals surface area contributed by atoms with E-state index >= 15 is 0 Å². The number of halogens is 3. The normalized spacial score (nSPS) is 15.6. The number of furan rings is 1. The number of carbonyl (C=O) groups is 2. The third-order valence-electron chi connectivity index (χ3n) is 4.32. The zero-order chi connectivity index (χ0) is 21.4. The molecule has 4 rings (SSSR count). The quantitative estimate of drug-likeness (QED) is 0.267. The van der Waals surface area contributed by atoms with Crippen molar-refractivity contribution in [2.75, 3.05) is 4.90 Å². The number of rotatable bonds is 3. The number of nitrogens with zero attached hydrogens (tertiary/aromatic N) is 1. The van der Waals surface area contributed by atoms with Crippen LogP contribution in [0.2, 0.25) is 10.0 Å². The standard InChI is InChI=1S/C21H11BrCl2N2O3S/c22-11-4-6-12(7-5-11)26-20(28)15(19(27)25-21(26)30)10-13-8-9-17(29-13)14-2-1-3-16(23)18(14)24/h1-10H,(H,25,27,30)/b15-10-. The average Bonchev–Trinajstić information content (AvgIpc) is 3.17. The van der Waals surface area contributed by atoms with Gasteiger partial charge in [0.05, 0.1) is 15.7 Å². The Morgan fingerprint density at radius 3 is 2.50 bits per heavy atom. The number of thiocarbonyl (C=S) groups is 1. The monoisotopic (exact) mass is 520 g/mol. The van der Waals surface area contributed by atoms with Gasteiger partial charge in [-0.1, -0.05) is 45.2 Å². The molecule has 0 spiro atoms. The molecular weight excluding hydrogens is 511 g/mol. The van der Waals surface area contributed by atoms with Crippen molar-refractivity contribution in [3.63, 3.8) is 0 Å². The van der Waals surface area contributed by atoms with Gasteiger partial charge in [-0.2, -0.15) is 0 Å². The van der Waals surface area contributed by atoms with Crippen molar-refractivity contribution in [2.24, 2.45) is 0 Å². The fraction of sp³-hybridized carbons (Fsp3) is 0. The average molecular weight is 522 g/mol. The lowest BCUT2D eigenvalue weighted by Gasteiger charge is -2.28. The molecule has 30 heavy (non-hydrogen) atoms. The van der Waals surface area contributed by atoms with Crippen molar-refractivity contribution in [1.82, 2.24) is 5.32 Å². The predicted molar refractivity (Wildman–Crippen MR) is 125 cm³/mol. The summed E-state index contributed by atoms with van der Waals surface area (Å²) < 4.78 is 6.63. The van der Waals surface area contributed by atoms with Crippen LogP contribution in [0.1, 0.15) is 5.76 Å². The van der Waals surface area contributed by atoms with Crippen molar-refractivity contribution in [3.05, 3.63) is 80.4 Å². The second-order valence-electron chi connectivity index (χ2n) is 6.24. The number of amides is 2. The SMILES string of the molecule is O=C1NC(=S)N(c2ccc(Br)cc2)C(=O)/C1=C\c1ccc(-c2cccc(Cl)c2Cl)o1. The molecule has 1 aliphatic heterocycles. The highest BCUT2D eigenvalue weighted by Crippen LogP contribution is 2.35. The first-order chi connectivity index (χ1) is 14.3. The third-order valence-corrected chi connectivity index (χ3v) is 5.95. The molecule has 0 radical (unpaired) electrons. The van der Waals surface area contributed by atoms with Gasteiger partial charge in [-0.3, -0.25) is 19.8 Å². The van der Waals surface area contributed by atoms with Crippen molar-refractivity contribution < 1.29 is 14.0 Å². The molecule has 0 atom stereocenters. The van der Waals surface area contributed by atoms with E-state index < -0.39 is 11.8 Å². The second kappa shape index (κ2) is 8.35. The van der Waals surface area contributed by atoms with E-state index in [0.717, 1.165) is 4.47 Å². The first-order valence-corrected chi connectivity index (χ1v) is 10.5. The van der Waals surface area contributed by atoms with Crippen LogP contribution < -0.4 is 10.2 Å². The summed E-state index contributed by atoms with van der Waals surface area (Å²) in [5.41, 5.74) is 1.03. The van der Waals surface area contributed by atoms with Gasteiger partial charge in [0, 0.05) is 10.0 Å². The second-order valence-corrected chi connectivity index (χ2v) is 8.33. The Kier molecular flexibility index (Phi) is 5.79. The lowest BCUT2D eigenvalue weighted by molar-refractivity contribution is -0.122. The van der Waals surface area contributed by atoms with E-state index in [1.54, 1.807) is 54.6 Å². The van der Waals surface area contributed by atoms with Gasteiger partial charge in [-0.05, 0) is 66.8 Å². The molecule has 0 bridgehead atoms. The Balaban J connectivity index is 1.69. The Morgan fingerprint density at radius 2 is 1.77 bits per heavy atom. The summed E-state index contributed by atoms with van der Waals surface area (Å²) in [6, 6.07) is 15.5. The first-order valence-electron chi connectivity index (χ1n) is 8.56. The van der Waals surface area contributed by atoms with Crippen LogP contribution in [0.25, 0.3) is 17.4 Å². The van der Waals surface area contributed by atoms with Gasteiger partial charge in [-0.15, -0.1) is 0 Å². The minimum Gasteiger partial charge on any atom is -0.457 e. The number of carbonyl (C=O) groups excluding carboxylic acids is 2. The summed E-state index contributed by atoms with van der Waals surface area (Å²) in [5.74, 6) is -0.386. The van der Waals surface area contributed by atoms with E-state index in [0.29, 0.717) is 32.8 Å². The van der Waals surface area contributed by atoms with Gasteiger partial charge in [0.1, 0.15) is 17.1 Å². The zero-order valence-electron chi connectivity index (χ0n) is 15.0. The number of benzene rings is 2. The lowest BCUT2D eigenvalue weighted by atomic mass is 10.1. The molecule has 9 heteroatoms. The molecule has 0 unspecified atom stereocenters. The van der Waals surface area contributed by atoms with Crippen molar-refractivity contribution >= 4 is 80.0 Å². The van der Waals surface area contributed by atoms with Gasteiger partial charge in [0.25, 0.3) is 11.8 Å². The van der Waals surface area contributed by atoms with E-state index in [2.05, 4.69) is 21.2 Å². The first kappa shape index (κ1) is 20.8. The van der Waals surface area contributed by atoms with Crippen LogP contribution in [-0.4, -0.2) is 16.9 Å². The lowest BCUT2D eigenvalue weighted by Crippen LogP contribution is -2.54. The number of hydrogen-bond donors (Lipinski definition) is 1. The molecule has 1 aromatic heterocycles. The maximum absolute atomic E-state index is 13.0. The van der Waals surface area contributed by atoms with Crippen LogP contribution in [0.5, 0.6) is 0 Å². The Hall–Kier alpha value is -2.45. The Bertz CT molecular complexity index is 1220. The topological polar surface area (TPSA) is 62.6 Å². The minimum atomic E-state index is -0.600. The van der Waals surface area contributed by atoms with E-state index in [-0.39, 0.29) is 10.7 Å². The molecule has 2 amide bonds. The summed E-state index contributed by atoms with van der Waals surface area (Å²) in [7, 11) is 0. The molecular formula is C21H11BrCl2N2O3S. The molecule has 150 valence electrons. The highest BCUT2D eigenvalue weighted by molar-refractivity contribution is 9.10. The van der Waals surface area contributed by atoms with Crippen LogP contribution in [0.3, 0.4) is 0 Å². The molecule has 2 heterocycles. The molecule has 5 nitrogen and oxygen atoms in total. The fourth-order valence-electron chi connectivity index (χ4n) is 2.89. The highest BCUT2D eigenvalue weighted by atomic mass is 79.9. The zero-order valence-corrected chi connectivity index (χ0v) is 18.9. The summed E-state index contributed by atoms with van der Waals surface area (Å²) in [6.07, 6.45) is 1.37. The summed E-state index contributed by atoms with van der Waals surface area (Å²) in [6.45, 7) is 0. The van der Waals surface area contributed by atoms with Crippen molar-refractivity contribution in [1.29, 1.82) is 0 Å². The molecule has 1 N–H and O–H groups in total. The Labute approximate surface area is 195 Å². The fourth-order valence-corrected chi connectivity index (χ4v) is 3.83. The van der Waals surface area contributed by atoms with Gasteiger partial charge in [0.2, 0.25) is 0 Å². The van der Waals surface area contributed by atoms with E-state index in [4.69, 9.17) is 39.8 Å². The van der Waals surface area contributed by atoms with E-state index in [9.17, 15) is 9.59 Å². The van der Waals surface area contributed by atoms with Crippen LogP contribution >= 0.6 is 51.3 Å². The van der Waals surface area contributed by atoms with Crippen LogP contribution in [-0.2, 0) is 9.59 Å². The van der Waals surface area contributed by atoms with Crippen molar-refractivity contribution in [2.45, 2.75) is 0 Å². The minimum absolute atomic E-state index is 0.00955. The van der Waals surface area contributed by atoms with Gasteiger partial charge in [0.15, 0.2) is 5.11 Å². The number of hydrogen-bond acceptors (Lipinski definition) is 4. The Morgan fingerprint density at radius 1 is 1.03 bits per heavy atom. The number of anilines is 1. The van der Waals surface area contributed by atoms with Gasteiger partial charge >= 0.3 is 0 Å². The summed E-state index contributed by atoms with van der Waals surface area (Å²) in [5, 5.41) is 3.29. The molecule has 0 aliphatic carbocycles. The smallest absolute Gasteiger partial charge is 0.270 e. The molecule has 3 aromatic rings. The van der Waals surface area contributed by atoms with Crippen LogP contribution in [0, 0.1) is 0 Å². The molecule has 2 aromatic carbocycles. The van der Waals surface area contributed by atoms with Gasteiger partial charge < -0.3 is 4.42 Å². The highest BCUT2D eigenvalue weighted by Gasteiger charge is 2.34. The van der Waals surface area contributed by atoms with Crippen LogP contribution in [0.4, 0.5) is 5.69 Å². The number of nitrogens with one attached hydrogen (secondary N) is 1. The van der Waals surface area contributed by atoms with E-state index in [1.807, 2.05) is 0 Å². The van der Waals surface area contributed by atoms with Gasteiger partial charge in [-0.25, -0.2) is 0 Å². The third kappa shape index (κ3) is 3.94. The summed E-state index contributed by atoms with van der Waals surface area (Å²) >= 11 is 20.8. The van der Waals surface area contributed by atoms with Crippen LogP contribution in [0.15, 0.2) is 69.1 Å². The maximum atomic E-state index is 13.0. The molecule has 0 saturated carbocycles. The molecule has 1 fully saturated rings. The largest absolute Gasteiger partial charge is 0.457 e.